The molecule has 0 aliphatic carbocycles. The Hall–Kier alpha value is -0.920. The third-order valence-electron chi connectivity index (χ3n) is 3.28. The van der Waals surface area contributed by atoms with Crippen LogP contribution in [-0.4, -0.2) is 46.6 Å². The van der Waals surface area contributed by atoms with Crippen LogP contribution in [0.1, 0.15) is 34.1 Å². The van der Waals surface area contributed by atoms with Crippen molar-refractivity contribution in [2.24, 2.45) is 5.41 Å². The van der Waals surface area contributed by atoms with Crippen molar-refractivity contribution in [3.8, 4) is 0 Å². The molecule has 1 saturated heterocycles. The third kappa shape index (κ3) is 4.79. The van der Waals surface area contributed by atoms with E-state index in [1.165, 1.54) is 4.90 Å². The Morgan fingerprint density at radius 1 is 1.24 bits per heavy atom. The van der Waals surface area contributed by atoms with Gasteiger partial charge in [0, 0.05) is 12.3 Å². The zero-order valence-electron chi connectivity index (χ0n) is 12.6. The monoisotopic (exact) mass is 326 g/mol. The number of amides is 2. The Morgan fingerprint density at radius 2 is 1.81 bits per heavy atom. The molecule has 1 aliphatic rings. The predicted octanol–water partition coefficient (Wildman–Crippen LogP) is 2.39. The summed E-state index contributed by atoms with van der Waals surface area (Å²) in [4.78, 5) is 25.8. The van der Waals surface area contributed by atoms with Crippen molar-refractivity contribution < 1.29 is 22.8 Å². The van der Waals surface area contributed by atoms with Crippen LogP contribution in [0.25, 0.3) is 0 Å². The van der Waals surface area contributed by atoms with Crippen molar-refractivity contribution in [2.45, 2.75) is 51.7 Å². The van der Waals surface area contributed by atoms with Crippen molar-refractivity contribution in [1.29, 1.82) is 0 Å². The van der Waals surface area contributed by atoms with Crippen LogP contribution in [0, 0.1) is 5.41 Å². The summed E-state index contributed by atoms with van der Waals surface area (Å²) >= 11 is -0.174. The summed E-state index contributed by atoms with van der Waals surface area (Å²) in [6.07, 6.45) is 0.421. The summed E-state index contributed by atoms with van der Waals surface area (Å²) in [5.41, 5.74) is -4.87. The number of hydrogen-bond acceptors (Lipinski definition) is 3. The Balaban J connectivity index is 2.89. The van der Waals surface area contributed by atoms with Crippen molar-refractivity contribution >= 4 is 23.6 Å². The maximum atomic E-state index is 12.3. The van der Waals surface area contributed by atoms with Gasteiger partial charge in [-0.1, -0.05) is 27.7 Å². The van der Waals surface area contributed by atoms with Crippen LogP contribution in [0.4, 0.5) is 13.2 Å². The minimum absolute atomic E-state index is 0.0884. The summed E-state index contributed by atoms with van der Waals surface area (Å²) < 4.78 is 36.7. The number of piperazine rings is 1. The van der Waals surface area contributed by atoms with Crippen LogP contribution in [0.5, 0.6) is 0 Å². The first-order chi connectivity index (χ1) is 9.47. The number of halogens is 3. The van der Waals surface area contributed by atoms with Crippen LogP contribution >= 0.6 is 11.8 Å². The van der Waals surface area contributed by atoms with Gasteiger partial charge >= 0.3 is 5.51 Å². The first-order valence-electron chi connectivity index (χ1n) is 6.79. The van der Waals surface area contributed by atoms with Gasteiger partial charge in [-0.3, -0.25) is 9.59 Å². The van der Waals surface area contributed by atoms with Crippen molar-refractivity contribution in [1.82, 2.24) is 10.2 Å². The lowest BCUT2D eigenvalue weighted by Crippen LogP contribution is -2.66. The molecular formula is C13H21F3N2O2S. The Kier molecular flexibility index (Phi) is 5.57. The van der Waals surface area contributed by atoms with E-state index in [1.54, 1.807) is 27.7 Å². The average Bonchev–Trinajstić information content (AvgIpc) is 2.29. The average molecular weight is 326 g/mol. The van der Waals surface area contributed by atoms with Crippen LogP contribution in [0.3, 0.4) is 0 Å². The Bertz CT molecular complexity index is 407. The van der Waals surface area contributed by atoms with Gasteiger partial charge in [0.1, 0.15) is 12.1 Å². The molecule has 0 aromatic rings. The lowest BCUT2D eigenvalue weighted by molar-refractivity contribution is -0.153. The second kappa shape index (κ2) is 6.46. The minimum Gasteiger partial charge on any atom is -0.342 e. The van der Waals surface area contributed by atoms with Gasteiger partial charge in [-0.2, -0.15) is 13.2 Å². The first-order valence-corrected chi connectivity index (χ1v) is 7.77. The van der Waals surface area contributed by atoms with E-state index in [1.807, 2.05) is 0 Å². The first kappa shape index (κ1) is 18.1. The molecular weight excluding hydrogens is 305 g/mol. The maximum Gasteiger partial charge on any atom is 0.441 e. The molecule has 2 atom stereocenters. The molecule has 0 aromatic heterocycles. The lowest BCUT2D eigenvalue weighted by Gasteiger charge is -2.44. The SMILES string of the molecule is CCC1NC(=O)C(C(C)(C)C)N(CCSC(F)(F)F)C1=O. The summed E-state index contributed by atoms with van der Waals surface area (Å²) in [7, 11) is 0. The lowest BCUT2D eigenvalue weighted by atomic mass is 9.83. The minimum atomic E-state index is -4.33. The highest BCUT2D eigenvalue weighted by atomic mass is 32.2. The van der Waals surface area contributed by atoms with Crippen molar-refractivity contribution in [3.05, 3.63) is 0 Å². The standard InChI is InChI=1S/C13H21F3N2O2S/c1-5-8-11(20)18(6-7-21-13(14,15)16)9(10(19)17-8)12(2,3)4/h8-9H,5-7H2,1-4H3,(H,17,19). The maximum absolute atomic E-state index is 12.3. The molecule has 2 unspecified atom stereocenters. The van der Waals surface area contributed by atoms with Crippen molar-refractivity contribution in [2.75, 3.05) is 12.3 Å². The molecule has 1 fully saturated rings. The second-order valence-corrected chi connectivity index (χ2v) is 7.22. The Morgan fingerprint density at radius 3 is 2.24 bits per heavy atom. The van der Waals surface area contributed by atoms with E-state index in [0.29, 0.717) is 6.42 Å². The molecule has 0 radical (unpaired) electrons. The molecule has 8 heteroatoms. The molecule has 21 heavy (non-hydrogen) atoms. The van der Waals surface area contributed by atoms with Gasteiger partial charge < -0.3 is 10.2 Å². The predicted molar refractivity (Wildman–Crippen MR) is 75.7 cm³/mol. The van der Waals surface area contributed by atoms with Gasteiger partial charge in [-0.15, -0.1) is 0 Å². The Labute approximate surface area is 126 Å². The van der Waals surface area contributed by atoms with Crippen LogP contribution < -0.4 is 5.32 Å². The highest BCUT2D eigenvalue weighted by Crippen LogP contribution is 2.32. The summed E-state index contributed by atoms with van der Waals surface area (Å²) in [6, 6.07) is -1.39. The van der Waals surface area contributed by atoms with E-state index < -0.39 is 23.0 Å². The molecule has 1 heterocycles. The molecule has 0 aromatic carbocycles. The fourth-order valence-corrected chi connectivity index (χ4v) is 2.94. The zero-order valence-corrected chi connectivity index (χ0v) is 13.4. The molecule has 1 rings (SSSR count). The zero-order chi connectivity index (χ0) is 16.4. The normalized spacial score (nSPS) is 24.2. The number of alkyl halides is 3. The van der Waals surface area contributed by atoms with Gasteiger partial charge in [-0.05, 0) is 23.6 Å². The molecule has 2 amide bonds. The molecule has 1 aliphatic heterocycles. The molecule has 0 bridgehead atoms. The van der Waals surface area contributed by atoms with Gasteiger partial charge in [0.25, 0.3) is 0 Å². The third-order valence-corrected chi connectivity index (χ3v) is 4.00. The van der Waals surface area contributed by atoms with E-state index in [-0.39, 0.29) is 35.9 Å². The van der Waals surface area contributed by atoms with E-state index in [9.17, 15) is 22.8 Å². The quantitative estimate of drug-likeness (QED) is 0.863. The molecule has 1 N–H and O–H groups in total. The van der Waals surface area contributed by atoms with Gasteiger partial charge in [0.05, 0.1) is 0 Å². The largest absolute Gasteiger partial charge is 0.441 e. The van der Waals surface area contributed by atoms with Crippen LogP contribution in [0.2, 0.25) is 0 Å². The summed E-state index contributed by atoms with van der Waals surface area (Å²) in [5, 5.41) is 2.65. The van der Waals surface area contributed by atoms with Crippen LogP contribution in [0.15, 0.2) is 0 Å². The smallest absolute Gasteiger partial charge is 0.342 e. The van der Waals surface area contributed by atoms with Gasteiger partial charge in [0.2, 0.25) is 11.8 Å². The van der Waals surface area contributed by atoms with E-state index in [2.05, 4.69) is 5.32 Å². The summed E-state index contributed by atoms with van der Waals surface area (Å²) in [5.74, 6) is -0.878. The number of nitrogens with zero attached hydrogens (tertiary/aromatic N) is 1. The summed E-state index contributed by atoms with van der Waals surface area (Å²) in [6.45, 7) is 7.04. The fraction of sp³-hybridized carbons (Fsp3) is 0.846. The number of carbonyl (C=O) groups excluding carboxylic acids is 2. The number of carbonyl (C=O) groups is 2. The molecule has 0 spiro atoms. The fourth-order valence-electron chi connectivity index (χ4n) is 2.42. The van der Waals surface area contributed by atoms with Gasteiger partial charge in [0.15, 0.2) is 0 Å². The number of hydrogen-bond donors (Lipinski definition) is 1. The van der Waals surface area contributed by atoms with E-state index in [4.69, 9.17) is 0 Å². The molecule has 4 nitrogen and oxygen atoms in total. The topological polar surface area (TPSA) is 49.4 Å². The van der Waals surface area contributed by atoms with Crippen molar-refractivity contribution in [3.63, 3.8) is 0 Å². The van der Waals surface area contributed by atoms with E-state index in [0.717, 1.165) is 0 Å². The van der Waals surface area contributed by atoms with Gasteiger partial charge in [-0.25, -0.2) is 0 Å². The molecule has 0 saturated carbocycles. The number of thioether (sulfide) groups is 1. The molecule has 122 valence electrons. The number of nitrogens with one attached hydrogen (secondary N) is 1. The second-order valence-electron chi connectivity index (χ2n) is 6.06. The van der Waals surface area contributed by atoms with E-state index >= 15 is 0 Å². The highest BCUT2D eigenvalue weighted by molar-refractivity contribution is 8.00. The van der Waals surface area contributed by atoms with Crippen LogP contribution in [-0.2, 0) is 9.59 Å². The highest BCUT2D eigenvalue weighted by Gasteiger charge is 2.45. The number of rotatable bonds is 4.